The highest BCUT2D eigenvalue weighted by Gasteiger charge is 2.41. The minimum atomic E-state index is -0.406. The van der Waals surface area contributed by atoms with Crippen molar-refractivity contribution in [3.63, 3.8) is 0 Å². The van der Waals surface area contributed by atoms with Crippen LogP contribution in [0, 0.1) is 6.92 Å². The van der Waals surface area contributed by atoms with Crippen LogP contribution in [0.2, 0.25) is 0 Å². The summed E-state index contributed by atoms with van der Waals surface area (Å²) in [6.45, 7) is 4.18. The quantitative estimate of drug-likeness (QED) is 0.182. The second kappa shape index (κ2) is 10.8. The number of para-hydroxylation sites is 3. The molecule has 43 heavy (non-hydrogen) atoms. The first-order valence-electron chi connectivity index (χ1n) is 14.6. The number of aromatic hydroxyl groups is 2. The molecule has 1 atom stereocenters. The number of hydrogen-bond donors (Lipinski definition) is 3. The molecule has 2 aliphatic rings. The molecule has 0 spiro atoms. The van der Waals surface area contributed by atoms with E-state index < -0.39 is 6.04 Å². The van der Waals surface area contributed by atoms with Crippen LogP contribution in [0.5, 0.6) is 11.5 Å². The molecule has 0 amide bonds. The number of anilines is 2. The van der Waals surface area contributed by atoms with Crippen molar-refractivity contribution in [2.75, 3.05) is 10.2 Å². The molecule has 0 radical (unpaired) electrons. The average molecular weight is 569 g/mol. The maximum absolute atomic E-state index is 10.6. The molecule has 0 saturated heterocycles. The lowest BCUT2D eigenvalue weighted by molar-refractivity contribution is 0.403. The monoisotopic (exact) mass is 568 g/mol. The van der Waals surface area contributed by atoms with E-state index in [9.17, 15) is 10.2 Å². The van der Waals surface area contributed by atoms with Crippen molar-refractivity contribution in [1.82, 2.24) is 9.78 Å². The van der Waals surface area contributed by atoms with E-state index in [1.807, 2.05) is 72.3 Å². The summed E-state index contributed by atoms with van der Waals surface area (Å²) in [6, 6.07) is 31.0. The smallest absolute Gasteiger partial charge is 0.179 e. The zero-order valence-corrected chi connectivity index (χ0v) is 24.1. The number of aromatic nitrogens is 2. The van der Waals surface area contributed by atoms with Gasteiger partial charge in [0.2, 0.25) is 0 Å². The first kappa shape index (κ1) is 26.5. The molecule has 0 bridgehead atoms. The van der Waals surface area contributed by atoms with Gasteiger partial charge in [-0.25, -0.2) is 14.7 Å². The van der Waals surface area contributed by atoms with Crippen molar-refractivity contribution >= 4 is 34.6 Å². The van der Waals surface area contributed by atoms with Crippen molar-refractivity contribution in [3.05, 3.63) is 119 Å². The number of aliphatic imine (C=N–C) groups is 2. The molecule has 5 aromatic rings. The molecular formula is C35H32N6O2. The third-order valence-electron chi connectivity index (χ3n) is 7.99. The topological polar surface area (TPSA) is 98.3 Å². The van der Waals surface area contributed by atoms with E-state index in [-0.39, 0.29) is 11.5 Å². The first-order chi connectivity index (χ1) is 21.0. The number of fused-ring (bicyclic) bond motifs is 4. The SMILES string of the molecule is CCCCc1ccc(NC2=Nc3ccccc3N3C2=Nc2c(c(C)nn2-c2ccccc2)[C@H]3c2ccc(O)c(O)c2)cc1. The van der Waals surface area contributed by atoms with Gasteiger partial charge in [-0.1, -0.05) is 61.9 Å². The fourth-order valence-electron chi connectivity index (χ4n) is 5.85. The molecule has 2 aliphatic heterocycles. The molecule has 0 saturated carbocycles. The Morgan fingerprint density at radius 2 is 1.60 bits per heavy atom. The number of unbranched alkanes of at least 4 members (excludes halogenated alkanes) is 1. The van der Waals surface area contributed by atoms with Gasteiger partial charge in [-0.05, 0) is 79.4 Å². The van der Waals surface area contributed by atoms with Gasteiger partial charge in [0, 0.05) is 11.3 Å². The summed E-state index contributed by atoms with van der Waals surface area (Å²) in [4.78, 5) is 12.5. The standard InChI is InChI=1S/C35H32N6O2/c1-3-4-10-23-15-18-25(19-16-23)36-33-35-38-34-31(22(2)39-41(34)26-11-6-5-7-12-26)32(24-17-20-29(42)30(43)21-24)40(35)28-14-9-8-13-27(28)37-33/h5-9,11-21,32,42-43H,3-4,10H2,1-2H3,(H,36,37)/t32-/m1/s1. The molecule has 8 nitrogen and oxygen atoms in total. The van der Waals surface area contributed by atoms with E-state index in [2.05, 4.69) is 41.4 Å². The zero-order valence-electron chi connectivity index (χ0n) is 24.1. The number of phenolic OH excluding ortho intramolecular Hbond substituents is 2. The summed E-state index contributed by atoms with van der Waals surface area (Å²) < 4.78 is 1.86. The minimum absolute atomic E-state index is 0.171. The van der Waals surface area contributed by atoms with E-state index in [0.29, 0.717) is 17.5 Å². The molecule has 7 rings (SSSR count). The van der Waals surface area contributed by atoms with Gasteiger partial charge in [0.25, 0.3) is 0 Å². The van der Waals surface area contributed by atoms with E-state index >= 15 is 0 Å². The molecule has 0 unspecified atom stereocenters. The fourth-order valence-corrected chi connectivity index (χ4v) is 5.85. The van der Waals surface area contributed by atoms with Crippen LogP contribution in [-0.2, 0) is 6.42 Å². The third-order valence-corrected chi connectivity index (χ3v) is 7.99. The van der Waals surface area contributed by atoms with E-state index in [1.54, 1.807) is 6.07 Å². The summed E-state index contributed by atoms with van der Waals surface area (Å²) in [5, 5.41) is 29.3. The molecule has 0 fully saturated rings. The van der Waals surface area contributed by atoms with E-state index in [0.717, 1.165) is 58.8 Å². The first-order valence-corrected chi connectivity index (χ1v) is 14.6. The predicted molar refractivity (Wildman–Crippen MR) is 172 cm³/mol. The van der Waals surface area contributed by atoms with Crippen LogP contribution in [0.25, 0.3) is 5.69 Å². The number of amidine groups is 2. The van der Waals surface area contributed by atoms with Crippen molar-refractivity contribution < 1.29 is 10.2 Å². The highest BCUT2D eigenvalue weighted by Crippen LogP contribution is 2.49. The number of nitrogens with zero attached hydrogens (tertiary/aromatic N) is 5. The molecule has 0 aliphatic carbocycles. The summed E-state index contributed by atoms with van der Waals surface area (Å²) in [5.41, 5.74) is 7.31. The Morgan fingerprint density at radius 3 is 2.37 bits per heavy atom. The summed E-state index contributed by atoms with van der Waals surface area (Å²) >= 11 is 0. The van der Waals surface area contributed by atoms with Crippen LogP contribution >= 0.6 is 0 Å². The molecule has 3 N–H and O–H groups in total. The Labute approximate surface area is 250 Å². The lowest BCUT2D eigenvalue weighted by Gasteiger charge is -2.40. The zero-order chi connectivity index (χ0) is 29.5. The number of benzene rings is 4. The van der Waals surface area contributed by atoms with Crippen LogP contribution in [0.3, 0.4) is 0 Å². The molecular weight excluding hydrogens is 536 g/mol. The number of phenols is 2. The normalized spacial score (nSPS) is 15.2. The van der Waals surface area contributed by atoms with Crippen LogP contribution in [-0.4, -0.2) is 31.7 Å². The van der Waals surface area contributed by atoms with Gasteiger partial charge in [0.1, 0.15) is 0 Å². The molecule has 1 aromatic heterocycles. The predicted octanol–water partition coefficient (Wildman–Crippen LogP) is 7.73. The van der Waals surface area contributed by atoms with Crippen LogP contribution in [0.4, 0.5) is 22.9 Å². The molecule has 3 heterocycles. The minimum Gasteiger partial charge on any atom is -0.504 e. The van der Waals surface area contributed by atoms with Gasteiger partial charge in [0.05, 0.1) is 28.8 Å². The number of aryl methyl sites for hydroxylation is 2. The van der Waals surface area contributed by atoms with Gasteiger partial charge in [0.15, 0.2) is 29.0 Å². The second-order valence-electron chi connectivity index (χ2n) is 10.9. The molecule has 8 heteroatoms. The molecule has 4 aromatic carbocycles. The number of nitrogens with one attached hydrogen (secondary N) is 1. The summed E-state index contributed by atoms with van der Waals surface area (Å²) in [7, 11) is 0. The van der Waals surface area contributed by atoms with Crippen LogP contribution < -0.4 is 10.2 Å². The Bertz CT molecular complexity index is 1870. The van der Waals surface area contributed by atoms with Gasteiger partial charge >= 0.3 is 0 Å². The summed E-state index contributed by atoms with van der Waals surface area (Å²) in [5.74, 6) is 1.58. The van der Waals surface area contributed by atoms with Crippen molar-refractivity contribution in [3.8, 4) is 17.2 Å². The Kier molecular flexibility index (Phi) is 6.66. The Hall–Kier alpha value is -5.37. The highest BCUT2D eigenvalue weighted by molar-refractivity contribution is 6.51. The number of hydrogen-bond acceptors (Lipinski definition) is 7. The largest absolute Gasteiger partial charge is 0.504 e. The Morgan fingerprint density at radius 1 is 0.837 bits per heavy atom. The number of rotatable bonds is 6. The van der Waals surface area contributed by atoms with Gasteiger partial charge < -0.3 is 20.4 Å². The van der Waals surface area contributed by atoms with Crippen molar-refractivity contribution in [2.24, 2.45) is 9.98 Å². The Balaban J connectivity index is 1.43. The van der Waals surface area contributed by atoms with E-state index in [4.69, 9.17) is 15.1 Å². The van der Waals surface area contributed by atoms with Crippen molar-refractivity contribution in [1.29, 1.82) is 0 Å². The lowest BCUT2D eigenvalue weighted by Crippen LogP contribution is -2.46. The van der Waals surface area contributed by atoms with Crippen LogP contribution in [0.15, 0.2) is 107 Å². The second-order valence-corrected chi connectivity index (χ2v) is 10.9. The fraction of sp³-hybridized carbons (Fsp3) is 0.171. The lowest BCUT2D eigenvalue weighted by atomic mass is 9.93. The molecule has 214 valence electrons. The van der Waals surface area contributed by atoms with E-state index in [1.165, 1.54) is 11.6 Å². The average Bonchev–Trinajstić information content (AvgIpc) is 3.37. The van der Waals surface area contributed by atoms with Crippen LogP contribution in [0.1, 0.15) is 48.2 Å². The third kappa shape index (κ3) is 4.70. The van der Waals surface area contributed by atoms with Gasteiger partial charge in [-0.2, -0.15) is 5.10 Å². The van der Waals surface area contributed by atoms with Crippen molar-refractivity contribution in [2.45, 2.75) is 39.2 Å². The maximum atomic E-state index is 10.6. The van der Waals surface area contributed by atoms with Gasteiger partial charge in [-0.3, -0.25) is 0 Å². The highest BCUT2D eigenvalue weighted by atomic mass is 16.3. The summed E-state index contributed by atoms with van der Waals surface area (Å²) in [6.07, 6.45) is 3.37. The van der Waals surface area contributed by atoms with Gasteiger partial charge in [-0.15, -0.1) is 0 Å². The maximum Gasteiger partial charge on any atom is 0.179 e.